The molecule has 0 unspecified atom stereocenters. The van der Waals surface area contributed by atoms with Crippen molar-refractivity contribution in [3.63, 3.8) is 0 Å². The number of fused-ring (bicyclic) bond motifs is 1. The molecule has 0 aromatic heterocycles. The molecule has 1 saturated carbocycles. The van der Waals surface area contributed by atoms with Gasteiger partial charge < -0.3 is 24.6 Å². The van der Waals surface area contributed by atoms with Crippen LogP contribution < -0.4 is 19.9 Å². The number of amides is 2. The number of carbonyl (C=O) groups is 2. The number of anilines is 2. The van der Waals surface area contributed by atoms with Gasteiger partial charge >= 0.3 is 0 Å². The van der Waals surface area contributed by atoms with Gasteiger partial charge in [0, 0.05) is 38.5 Å². The maximum Gasteiger partial charge on any atom is 0.265 e. The molecule has 2 aromatic carbocycles. The van der Waals surface area contributed by atoms with Gasteiger partial charge in [-0.1, -0.05) is 31.2 Å². The monoisotopic (exact) mass is 491 g/mol. The van der Waals surface area contributed by atoms with Crippen molar-refractivity contribution in [1.82, 2.24) is 5.32 Å². The number of nitrogens with one attached hydrogen (secondary N) is 1. The van der Waals surface area contributed by atoms with Crippen LogP contribution in [0.4, 0.5) is 11.4 Å². The first-order valence-electron chi connectivity index (χ1n) is 13.3. The number of aryl methyl sites for hydroxylation is 1. The summed E-state index contributed by atoms with van der Waals surface area (Å²) in [6, 6.07) is 14.8. The molecule has 1 saturated heterocycles. The fourth-order valence-electron chi connectivity index (χ4n) is 5.54. The number of nitrogens with zero attached hydrogens (tertiary/aromatic N) is 2. The first-order chi connectivity index (χ1) is 17.6. The molecule has 2 fully saturated rings. The lowest BCUT2D eigenvalue weighted by molar-refractivity contribution is -0.123. The molecule has 2 amide bonds. The summed E-state index contributed by atoms with van der Waals surface area (Å²) in [5.74, 6) is 0.864. The van der Waals surface area contributed by atoms with Crippen molar-refractivity contribution in [1.29, 1.82) is 0 Å². The second kappa shape index (κ2) is 11.0. The van der Waals surface area contributed by atoms with Gasteiger partial charge in [0.2, 0.25) is 5.91 Å². The van der Waals surface area contributed by atoms with Crippen LogP contribution in [0.25, 0.3) is 0 Å². The Kier molecular flexibility index (Phi) is 7.58. The smallest absolute Gasteiger partial charge is 0.265 e. The van der Waals surface area contributed by atoms with E-state index in [2.05, 4.69) is 36.5 Å². The predicted molar refractivity (Wildman–Crippen MR) is 141 cm³/mol. The largest absolute Gasteiger partial charge is 0.482 e. The van der Waals surface area contributed by atoms with Crippen LogP contribution in [0, 0.1) is 5.92 Å². The van der Waals surface area contributed by atoms with E-state index in [1.54, 1.807) is 12.0 Å². The molecule has 0 radical (unpaired) electrons. The van der Waals surface area contributed by atoms with Crippen molar-refractivity contribution in [2.45, 2.75) is 51.0 Å². The molecule has 2 aliphatic heterocycles. The van der Waals surface area contributed by atoms with E-state index in [-0.39, 0.29) is 36.3 Å². The average Bonchev–Trinajstić information content (AvgIpc) is 3.75. The Hall–Kier alpha value is -2.90. The Morgan fingerprint density at radius 1 is 1.19 bits per heavy atom. The van der Waals surface area contributed by atoms with E-state index >= 15 is 0 Å². The van der Waals surface area contributed by atoms with Crippen LogP contribution in [0.3, 0.4) is 0 Å². The number of benzene rings is 2. The van der Waals surface area contributed by atoms with E-state index in [1.165, 1.54) is 11.1 Å². The van der Waals surface area contributed by atoms with Crippen molar-refractivity contribution in [3.05, 3.63) is 53.6 Å². The van der Waals surface area contributed by atoms with Gasteiger partial charge in [0.15, 0.2) is 6.61 Å². The zero-order chi connectivity index (χ0) is 25.1. The second-order valence-corrected chi connectivity index (χ2v) is 10.1. The number of hydrogen-bond donors (Lipinski definition) is 1. The number of methoxy groups -OCH3 is 1. The third kappa shape index (κ3) is 5.13. The summed E-state index contributed by atoms with van der Waals surface area (Å²) in [6.45, 7) is 4.95. The van der Waals surface area contributed by atoms with E-state index in [9.17, 15) is 9.59 Å². The Morgan fingerprint density at radius 3 is 2.83 bits per heavy atom. The zero-order valence-corrected chi connectivity index (χ0v) is 21.4. The molecule has 7 nitrogen and oxygen atoms in total. The minimum atomic E-state index is -0.127. The summed E-state index contributed by atoms with van der Waals surface area (Å²) < 4.78 is 10.9. The topological polar surface area (TPSA) is 71.1 Å². The summed E-state index contributed by atoms with van der Waals surface area (Å²) in [5.41, 5.74) is 4.16. The van der Waals surface area contributed by atoms with Gasteiger partial charge in [-0.3, -0.25) is 9.59 Å². The SMILES string of the molecule is CCc1cccc([C@H]2CCNC[C@@H]2C(=O)N(c2ccc3c(c2)N(CCCOC)C(=O)CO3)C2CC2)c1. The molecule has 0 bridgehead atoms. The second-order valence-electron chi connectivity index (χ2n) is 10.1. The highest BCUT2D eigenvalue weighted by atomic mass is 16.5. The molecule has 1 N–H and O–H groups in total. The van der Waals surface area contributed by atoms with E-state index in [0.717, 1.165) is 50.0 Å². The van der Waals surface area contributed by atoms with Crippen molar-refractivity contribution in [2.24, 2.45) is 5.92 Å². The van der Waals surface area contributed by atoms with E-state index < -0.39 is 0 Å². The van der Waals surface area contributed by atoms with Gasteiger partial charge in [-0.25, -0.2) is 0 Å². The van der Waals surface area contributed by atoms with Crippen LogP contribution in [-0.2, 0) is 20.7 Å². The lowest BCUT2D eigenvalue weighted by Crippen LogP contribution is -2.47. The van der Waals surface area contributed by atoms with Crippen molar-refractivity contribution < 1.29 is 19.1 Å². The summed E-state index contributed by atoms with van der Waals surface area (Å²) >= 11 is 0. The van der Waals surface area contributed by atoms with Gasteiger partial charge in [-0.15, -0.1) is 0 Å². The first kappa shape index (κ1) is 24.8. The Morgan fingerprint density at radius 2 is 2.06 bits per heavy atom. The van der Waals surface area contributed by atoms with Crippen LogP contribution in [0.1, 0.15) is 49.7 Å². The minimum absolute atomic E-state index is 0.0385. The van der Waals surface area contributed by atoms with Gasteiger partial charge in [0.1, 0.15) is 5.75 Å². The van der Waals surface area contributed by atoms with Crippen LogP contribution in [0.2, 0.25) is 0 Å². The molecule has 3 aliphatic rings. The summed E-state index contributed by atoms with van der Waals surface area (Å²) in [4.78, 5) is 30.7. The Bertz CT molecular complexity index is 1100. The maximum absolute atomic E-state index is 14.2. The molecular weight excluding hydrogens is 454 g/mol. The summed E-state index contributed by atoms with van der Waals surface area (Å²) in [5, 5.41) is 3.47. The average molecular weight is 492 g/mol. The molecule has 36 heavy (non-hydrogen) atoms. The highest BCUT2D eigenvalue weighted by Crippen LogP contribution is 2.41. The molecule has 5 rings (SSSR count). The number of piperidine rings is 1. The molecular formula is C29H37N3O4. The summed E-state index contributed by atoms with van der Waals surface area (Å²) in [7, 11) is 1.66. The third-order valence-corrected chi connectivity index (χ3v) is 7.63. The van der Waals surface area contributed by atoms with Gasteiger partial charge in [0.05, 0.1) is 11.6 Å². The molecule has 192 valence electrons. The molecule has 0 spiro atoms. The van der Waals surface area contributed by atoms with Crippen molar-refractivity contribution >= 4 is 23.2 Å². The number of carbonyl (C=O) groups excluding carboxylic acids is 2. The molecule has 1 aliphatic carbocycles. The van der Waals surface area contributed by atoms with Crippen molar-refractivity contribution in [2.75, 3.05) is 49.8 Å². The van der Waals surface area contributed by atoms with Crippen LogP contribution >= 0.6 is 0 Å². The lowest BCUT2D eigenvalue weighted by atomic mass is 9.79. The highest BCUT2D eigenvalue weighted by Gasteiger charge is 2.41. The van der Waals surface area contributed by atoms with Gasteiger partial charge in [-0.2, -0.15) is 0 Å². The number of rotatable bonds is 9. The van der Waals surface area contributed by atoms with E-state index in [0.29, 0.717) is 25.4 Å². The Labute approximate surface area is 213 Å². The summed E-state index contributed by atoms with van der Waals surface area (Å²) in [6.07, 6.45) is 4.69. The lowest BCUT2D eigenvalue weighted by Gasteiger charge is -2.36. The molecule has 2 atom stereocenters. The predicted octanol–water partition coefficient (Wildman–Crippen LogP) is 3.90. The normalized spacial score (nSPS) is 21.6. The third-order valence-electron chi connectivity index (χ3n) is 7.63. The maximum atomic E-state index is 14.2. The Balaban J connectivity index is 1.44. The molecule has 2 heterocycles. The fourth-order valence-corrected chi connectivity index (χ4v) is 5.54. The standard InChI is InChI=1S/C29H37N3O4/c1-3-20-6-4-7-21(16-20)24-12-13-30-18-25(24)29(34)32(22-8-9-22)23-10-11-27-26(17-23)31(14-5-15-35-2)28(33)19-36-27/h4,6-7,10-11,16-17,22,24-25,30H,3,5,8-9,12-15,18-19H2,1-2H3/t24-,25+/m1/s1. The zero-order valence-electron chi connectivity index (χ0n) is 21.4. The fraction of sp³-hybridized carbons (Fsp3) is 0.517. The molecule has 2 aromatic rings. The highest BCUT2D eigenvalue weighted by molar-refractivity contribution is 6.01. The van der Waals surface area contributed by atoms with Gasteiger partial charge in [-0.05, 0) is 73.9 Å². The molecule has 7 heteroatoms. The van der Waals surface area contributed by atoms with Crippen LogP contribution in [0.15, 0.2) is 42.5 Å². The number of hydrogen-bond acceptors (Lipinski definition) is 5. The van der Waals surface area contributed by atoms with Gasteiger partial charge in [0.25, 0.3) is 5.91 Å². The first-order valence-corrected chi connectivity index (χ1v) is 13.3. The van der Waals surface area contributed by atoms with Crippen molar-refractivity contribution in [3.8, 4) is 5.75 Å². The quantitative estimate of drug-likeness (QED) is 0.539. The van der Waals surface area contributed by atoms with Crippen LogP contribution in [-0.4, -0.2) is 57.8 Å². The minimum Gasteiger partial charge on any atom is -0.482 e. The van der Waals surface area contributed by atoms with Crippen LogP contribution in [0.5, 0.6) is 5.75 Å². The number of ether oxygens (including phenoxy) is 2. The van der Waals surface area contributed by atoms with E-state index in [4.69, 9.17) is 9.47 Å². The van der Waals surface area contributed by atoms with E-state index in [1.807, 2.05) is 23.1 Å².